The van der Waals surface area contributed by atoms with Crippen LogP contribution in [0.2, 0.25) is 0 Å². The van der Waals surface area contributed by atoms with Crippen molar-refractivity contribution < 1.29 is 0 Å². The van der Waals surface area contributed by atoms with Gasteiger partial charge < -0.3 is 10.3 Å². The fourth-order valence-corrected chi connectivity index (χ4v) is 4.01. The molecule has 1 aromatic rings. The second kappa shape index (κ2) is 6.35. The molecule has 0 amide bonds. The first kappa shape index (κ1) is 14.2. The summed E-state index contributed by atoms with van der Waals surface area (Å²) in [4.78, 5) is 8.30. The third kappa shape index (κ3) is 2.96. The molecule has 0 atom stereocenters. The van der Waals surface area contributed by atoms with Crippen LogP contribution in [0.5, 0.6) is 0 Å². The highest BCUT2D eigenvalue weighted by atomic mass is 32.1. The average molecular weight is 291 g/mol. The van der Waals surface area contributed by atoms with Gasteiger partial charge in [0, 0.05) is 36.7 Å². The minimum absolute atomic E-state index is 0.602. The lowest BCUT2D eigenvalue weighted by molar-refractivity contribution is 0.301. The summed E-state index contributed by atoms with van der Waals surface area (Å²) < 4.78 is 0.816. The van der Waals surface area contributed by atoms with Crippen LogP contribution in [0.4, 0.5) is 0 Å². The minimum Gasteiger partial charge on any atom is -0.347 e. The first-order chi connectivity index (χ1) is 9.78. The molecule has 2 N–H and O–H groups in total. The molecule has 4 heteroatoms. The van der Waals surface area contributed by atoms with Gasteiger partial charge >= 0.3 is 0 Å². The van der Waals surface area contributed by atoms with Crippen LogP contribution >= 0.6 is 12.2 Å². The Hall–Kier alpha value is -0.740. The largest absolute Gasteiger partial charge is 0.347 e. The van der Waals surface area contributed by atoms with Gasteiger partial charge in [-0.1, -0.05) is 32.0 Å². The van der Waals surface area contributed by atoms with Gasteiger partial charge in [-0.05, 0) is 31.6 Å². The van der Waals surface area contributed by atoms with Crippen molar-refractivity contribution in [2.45, 2.75) is 64.3 Å². The highest BCUT2D eigenvalue weighted by Crippen LogP contribution is 2.36. The second-order valence-electron chi connectivity index (χ2n) is 6.32. The molecule has 0 unspecified atom stereocenters. The number of aromatic amines is 1. The third-order valence-electron chi connectivity index (χ3n) is 4.91. The zero-order valence-electron chi connectivity index (χ0n) is 12.4. The van der Waals surface area contributed by atoms with Crippen LogP contribution in [0.15, 0.2) is 0 Å². The standard InChI is InChI=1S/C16H25N3S/c1-2-3-11-4-6-12(7-5-11)15-18-14-8-9-17-10-13(14)16(20)19-15/h11-12,17H,2-10H2,1H3,(H,18,19,20). The average Bonchev–Trinajstić information content (AvgIpc) is 2.48. The van der Waals surface area contributed by atoms with E-state index < -0.39 is 0 Å². The lowest BCUT2D eigenvalue weighted by Gasteiger charge is -2.28. The molecular weight excluding hydrogens is 266 g/mol. The summed E-state index contributed by atoms with van der Waals surface area (Å²) in [5.41, 5.74) is 2.55. The smallest absolute Gasteiger partial charge is 0.134 e. The molecule has 2 heterocycles. The third-order valence-corrected chi connectivity index (χ3v) is 5.25. The van der Waals surface area contributed by atoms with Crippen LogP contribution in [0.1, 0.15) is 68.4 Å². The monoisotopic (exact) mass is 291 g/mol. The Morgan fingerprint density at radius 2 is 2.05 bits per heavy atom. The van der Waals surface area contributed by atoms with E-state index in [1.54, 1.807) is 0 Å². The van der Waals surface area contributed by atoms with Crippen molar-refractivity contribution in [3.63, 3.8) is 0 Å². The summed E-state index contributed by atoms with van der Waals surface area (Å²) in [5.74, 6) is 2.71. The van der Waals surface area contributed by atoms with Gasteiger partial charge in [-0.3, -0.25) is 0 Å². The van der Waals surface area contributed by atoms with E-state index in [1.807, 2.05) is 0 Å². The molecule has 1 fully saturated rings. The molecule has 0 spiro atoms. The van der Waals surface area contributed by atoms with Crippen molar-refractivity contribution in [1.82, 2.24) is 15.3 Å². The number of fused-ring (bicyclic) bond motifs is 1. The molecule has 0 aromatic carbocycles. The number of hydrogen-bond donors (Lipinski definition) is 2. The Kier molecular flexibility index (Phi) is 4.51. The Labute approximate surface area is 126 Å². The molecule has 110 valence electrons. The molecule has 20 heavy (non-hydrogen) atoms. The van der Waals surface area contributed by atoms with E-state index in [9.17, 15) is 0 Å². The van der Waals surface area contributed by atoms with E-state index in [2.05, 4.69) is 17.2 Å². The maximum absolute atomic E-state index is 5.49. The highest BCUT2D eigenvalue weighted by Gasteiger charge is 2.24. The number of aromatic nitrogens is 2. The summed E-state index contributed by atoms with van der Waals surface area (Å²) in [6, 6.07) is 0. The number of hydrogen-bond acceptors (Lipinski definition) is 3. The minimum atomic E-state index is 0.602. The van der Waals surface area contributed by atoms with E-state index in [1.165, 1.54) is 49.8 Å². The molecule has 1 saturated carbocycles. The van der Waals surface area contributed by atoms with E-state index in [0.29, 0.717) is 5.92 Å². The van der Waals surface area contributed by atoms with Gasteiger partial charge in [0.15, 0.2) is 0 Å². The van der Waals surface area contributed by atoms with Crippen LogP contribution in [-0.2, 0) is 13.0 Å². The fraction of sp³-hybridized carbons (Fsp3) is 0.750. The van der Waals surface area contributed by atoms with Crippen molar-refractivity contribution in [3.05, 3.63) is 21.7 Å². The van der Waals surface area contributed by atoms with Crippen molar-refractivity contribution in [2.24, 2.45) is 5.92 Å². The molecule has 1 aliphatic carbocycles. The quantitative estimate of drug-likeness (QED) is 0.831. The predicted octanol–water partition coefficient (Wildman–Crippen LogP) is 3.86. The number of rotatable bonds is 3. The Morgan fingerprint density at radius 1 is 1.25 bits per heavy atom. The summed E-state index contributed by atoms with van der Waals surface area (Å²) in [6.45, 7) is 4.22. The summed E-state index contributed by atoms with van der Waals surface area (Å²) >= 11 is 5.49. The highest BCUT2D eigenvalue weighted by molar-refractivity contribution is 7.71. The maximum atomic E-state index is 5.49. The van der Waals surface area contributed by atoms with Crippen molar-refractivity contribution >= 4 is 12.2 Å². The lowest BCUT2D eigenvalue weighted by Crippen LogP contribution is -2.26. The predicted molar refractivity (Wildman–Crippen MR) is 84.4 cm³/mol. The summed E-state index contributed by atoms with van der Waals surface area (Å²) in [5, 5.41) is 3.37. The van der Waals surface area contributed by atoms with Gasteiger partial charge in [-0.15, -0.1) is 0 Å². The van der Waals surface area contributed by atoms with Gasteiger partial charge in [-0.2, -0.15) is 0 Å². The molecule has 1 aromatic heterocycles. The fourth-order valence-electron chi connectivity index (χ4n) is 3.71. The van der Waals surface area contributed by atoms with Gasteiger partial charge in [0.05, 0.1) is 0 Å². The number of nitrogens with one attached hydrogen (secondary N) is 2. The van der Waals surface area contributed by atoms with Crippen molar-refractivity contribution in [3.8, 4) is 0 Å². The van der Waals surface area contributed by atoms with E-state index in [-0.39, 0.29) is 0 Å². The van der Waals surface area contributed by atoms with Crippen LogP contribution in [0.25, 0.3) is 0 Å². The Balaban J connectivity index is 1.75. The molecule has 3 nitrogen and oxygen atoms in total. The lowest BCUT2D eigenvalue weighted by atomic mass is 9.79. The summed E-state index contributed by atoms with van der Waals surface area (Å²) in [7, 11) is 0. The van der Waals surface area contributed by atoms with Gasteiger partial charge in [0.2, 0.25) is 0 Å². The summed E-state index contributed by atoms with van der Waals surface area (Å²) in [6.07, 6.45) is 9.05. The van der Waals surface area contributed by atoms with Crippen molar-refractivity contribution in [1.29, 1.82) is 0 Å². The molecule has 3 rings (SSSR count). The molecule has 0 bridgehead atoms. The van der Waals surface area contributed by atoms with Crippen LogP contribution < -0.4 is 5.32 Å². The van der Waals surface area contributed by atoms with Crippen molar-refractivity contribution in [2.75, 3.05) is 6.54 Å². The van der Waals surface area contributed by atoms with E-state index >= 15 is 0 Å². The topological polar surface area (TPSA) is 40.7 Å². The normalized spacial score (nSPS) is 26.2. The number of nitrogens with zero attached hydrogens (tertiary/aromatic N) is 1. The van der Waals surface area contributed by atoms with Gasteiger partial charge in [0.25, 0.3) is 0 Å². The van der Waals surface area contributed by atoms with Gasteiger partial charge in [0.1, 0.15) is 10.5 Å². The zero-order chi connectivity index (χ0) is 13.9. The molecule has 0 saturated heterocycles. The second-order valence-corrected chi connectivity index (χ2v) is 6.70. The first-order valence-electron chi connectivity index (χ1n) is 8.10. The van der Waals surface area contributed by atoms with Crippen LogP contribution in [0.3, 0.4) is 0 Å². The molecule has 0 radical (unpaired) electrons. The molecular formula is C16H25N3S. The van der Waals surface area contributed by atoms with Crippen LogP contribution in [0, 0.1) is 10.6 Å². The molecule has 2 aliphatic rings. The van der Waals surface area contributed by atoms with Crippen LogP contribution in [-0.4, -0.2) is 16.5 Å². The van der Waals surface area contributed by atoms with E-state index in [0.717, 1.165) is 35.9 Å². The SMILES string of the molecule is CCCC1CCC(c2nc(=S)c3c([nH]2)CCNC3)CC1. The number of H-pyrrole nitrogens is 1. The molecule has 1 aliphatic heterocycles. The maximum Gasteiger partial charge on any atom is 0.134 e. The van der Waals surface area contributed by atoms with E-state index in [4.69, 9.17) is 17.2 Å². The first-order valence-corrected chi connectivity index (χ1v) is 8.51. The Bertz CT molecular complexity index is 515. The Morgan fingerprint density at radius 3 is 2.80 bits per heavy atom. The van der Waals surface area contributed by atoms with Gasteiger partial charge in [-0.25, -0.2) is 4.98 Å². The zero-order valence-corrected chi connectivity index (χ0v) is 13.2.